The standard InChI is InChI=1S/C22H45N/c1-4-5-6-14-17-20-23-21-18-15-12-10-8-7-9-11-13-16-19-22(2)3/h4,22-23H,1,5-21H2,2-3H3. The minimum Gasteiger partial charge on any atom is -0.317 e. The van der Waals surface area contributed by atoms with E-state index in [2.05, 4.69) is 25.7 Å². The van der Waals surface area contributed by atoms with E-state index in [1.807, 2.05) is 6.08 Å². The molecule has 0 aromatic heterocycles. The number of hydrogen-bond donors (Lipinski definition) is 1. The van der Waals surface area contributed by atoms with Gasteiger partial charge in [0.05, 0.1) is 0 Å². The van der Waals surface area contributed by atoms with Crippen molar-refractivity contribution in [3.8, 4) is 0 Å². The summed E-state index contributed by atoms with van der Waals surface area (Å²) in [5, 5.41) is 3.58. The summed E-state index contributed by atoms with van der Waals surface area (Å²) in [5.41, 5.74) is 0. The molecule has 0 rings (SSSR count). The molecule has 0 spiro atoms. The molecule has 0 fully saturated rings. The molecule has 1 N–H and O–H groups in total. The second-order valence-electron chi connectivity index (χ2n) is 7.61. The summed E-state index contributed by atoms with van der Waals surface area (Å²) in [7, 11) is 0. The maximum Gasteiger partial charge on any atom is -0.00489 e. The Morgan fingerprint density at radius 1 is 0.652 bits per heavy atom. The molecule has 0 saturated heterocycles. The Bertz CT molecular complexity index is 222. The molecule has 0 amide bonds. The summed E-state index contributed by atoms with van der Waals surface area (Å²) >= 11 is 0. The Hall–Kier alpha value is -0.300. The summed E-state index contributed by atoms with van der Waals surface area (Å²) in [5.74, 6) is 0.891. The highest BCUT2D eigenvalue weighted by atomic mass is 14.8. The Labute approximate surface area is 147 Å². The normalized spacial score (nSPS) is 11.3. The molecule has 0 radical (unpaired) electrons. The number of rotatable bonds is 19. The molecule has 0 aromatic carbocycles. The first kappa shape index (κ1) is 22.7. The van der Waals surface area contributed by atoms with Gasteiger partial charge in [-0.25, -0.2) is 0 Å². The van der Waals surface area contributed by atoms with Gasteiger partial charge in [0.25, 0.3) is 0 Å². The van der Waals surface area contributed by atoms with Crippen LogP contribution >= 0.6 is 0 Å². The monoisotopic (exact) mass is 323 g/mol. The maximum atomic E-state index is 3.76. The van der Waals surface area contributed by atoms with E-state index >= 15 is 0 Å². The molecule has 1 nitrogen and oxygen atoms in total. The van der Waals surface area contributed by atoms with Crippen LogP contribution in [-0.2, 0) is 0 Å². The van der Waals surface area contributed by atoms with Gasteiger partial charge in [0.15, 0.2) is 0 Å². The highest BCUT2D eigenvalue weighted by Crippen LogP contribution is 2.13. The molecule has 0 heterocycles. The van der Waals surface area contributed by atoms with Crippen LogP contribution < -0.4 is 5.32 Å². The Morgan fingerprint density at radius 2 is 1.09 bits per heavy atom. The molecule has 0 aliphatic heterocycles. The zero-order valence-corrected chi connectivity index (χ0v) is 16.4. The van der Waals surface area contributed by atoms with Gasteiger partial charge in [0.1, 0.15) is 0 Å². The minimum absolute atomic E-state index is 0.891. The van der Waals surface area contributed by atoms with Crippen molar-refractivity contribution in [3.63, 3.8) is 0 Å². The van der Waals surface area contributed by atoms with Crippen LogP contribution in [0.5, 0.6) is 0 Å². The number of allylic oxidation sites excluding steroid dienone is 1. The molecule has 138 valence electrons. The van der Waals surface area contributed by atoms with Crippen LogP contribution in [0.25, 0.3) is 0 Å². The van der Waals surface area contributed by atoms with E-state index in [0.717, 1.165) is 5.92 Å². The van der Waals surface area contributed by atoms with E-state index in [4.69, 9.17) is 0 Å². The fourth-order valence-electron chi connectivity index (χ4n) is 3.06. The van der Waals surface area contributed by atoms with Gasteiger partial charge in [-0.15, -0.1) is 6.58 Å². The van der Waals surface area contributed by atoms with Gasteiger partial charge in [-0.1, -0.05) is 90.6 Å². The molecule has 0 atom stereocenters. The second-order valence-corrected chi connectivity index (χ2v) is 7.61. The van der Waals surface area contributed by atoms with Crippen LogP contribution in [0.15, 0.2) is 12.7 Å². The van der Waals surface area contributed by atoms with E-state index < -0.39 is 0 Å². The summed E-state index contributed by atoms with van der Waals surface area (Å²) in [4.78, 5) is 0. The van der Waals surface area contributed by atoms with E-state index in [1.54, 1.807) is 0 Å². The number of nitrogens with one attached hydrogen (secondary N) is 1. The molecule has 0 aliphatic carbocycles. The summed E-state index contributed by atoms with van der Waals surface area (Å²) in [6, 6.07) is 0. The van der Waals surface area contributed by atoms with Crippen molar-refractivity contribution < 1.29 is 0 Å². The first-order valence-electron chi connectivity index (χ1n) is 10.6. The quantitative estimate of drug-likeness (QED) is 0.195. The third-order valence-electron chi connectivity index (χ3n) is 4.65. The molecule has 0 aliphatic rings. The molecule has 0 bridgehead atoms. The fourth-order valence-corrected chi connectivity index (χ4v) is 3.06. The van der Waals surface area contributed by atoms with Gasteiger partial charge in [0.2, 0.25) is 0 Å². The van der Waals surface area contributed by atoms with Gasteiger partial charge >= 0.3 is 0 Å². The Balaban J connectivity index is 2.96. The third kappa shape index (κ3) is 21.7. The zero-order valence-electron chi connectivity index (χ0n) is 16.4. The lowest BCUT2D eigenvalue weighted by Gasteiger charge is -2.05. The van der Waals surface area contributed by atoms with Crippen molar-refractivity contribution in [3.05, 3.63) is 12.7 Å². The van der Waals surface area contributed by atoms with Gasteiger partial charge in [-0.05, 0) is 44.7 Å². The first-order valence-corrected chi connectivity index (χ1v) is 10.6. The summed E-state index contributed by atoms with van der Waals surface area (Å²) in [6.45, 7) is 10.8. The minimum atomic E-state index is 0.891. The average molecular weight is 324 g/mol. The lowest BCUT2D eigenvalue weighted by Crippen LogP contribution is -2.16. The van der Waals surface area contributed by atoms with Crippen LogP contribution in [-0.4, -0.2) is 13.1 Å². The Kier molecular flexibility index (Phi) is 19.5. The van der Waals surface area contributed by atoms with Crippen molar-refractivity contribution in [2.24, 2.45) is 5.92 Å². The van der Waals surface area contributed by atoms with E-state index in [9.17, 15) is 0 Å². The SMILES string of the molecule is C=CCCCCCNCCCCCCCCCCCCC(C)C. The molecular formula is C22H45N. The van der Waals surface area contributed by atoms with Crippen LogP contribution in [0.4, 0.5) is 0 Å². The van der Waals surface area contributed by atoms with Crippen molar-refractivity contribution in [1.29, 1.82) is 0 Å². The van der Waals surface area contributed by atoms with Gasteiger partial charge in [-0.2, -0.15) is 0 Å². The van der Waals surface area contributed by atoms with Gasteiger partial charge < -0.3 is 5.32 Å². The Morgan fingerprint density at radius 3 is 1.57 bits per heavy atom. The molecule has 0 saturated carbocycles. The van der Waals surface area contributed by atoms with Crippen molar-refractivity contribution in [2.45, 2.75) is 110 Å². The van der Waals surface area contributed by atoms with Gasteiger partial charge in [-0.3, -0.25) is 0 Å². The molecular weight excluding hydrogens is 278 g/mol. The van der Waals surface area contributed by atoms with Crippen LogP contribution in [0, 0.1) is 5.92 Å². The number of hydrogen-bond acceptors (Lipinski definition) is 1. The zero-order chi connectivity index (χ0) is 17.0. The predicted molar refractivity (Wildman–Crippen MR) is 107 cm³/mol. The molecule has 1 heteroatoms. The largest absolute Gasteiger partial charge is 0.317 e. The second kappa shape index (κ2) is 19.7. The number of unbranched alkanes of at least 4 members (excludes halogenated alkanes) is 12. The lowest BCUT2D eigenvalue weighted by molar-refractivity contribution is 0.503. The highest BCUT2D eigenvalue weighted by Gasteiger charge is 1.95. The molecule has 0 unspecified atom stereocenters. The average Bonchev–Trinajstić information content (AvgIpc) is 2.53. The topological polar surface area (TPSA) is 12.0 Å². The van der Waals surface area contributed by atoms with E-state index in [1.165, 1.54) is 109 Å². The van der Waals surface area contributed by atoms with E-state index in [0.29, 0.717) is 0 Å². The van der Waals surface area contributed by atoms with E-state index in [-0.39, 0.29) is 0 Å². The third-order valence-corrected chi connectivity index (χ3v) is 4.65. The molecule has 23 heavy (non-hydrogen) atoms. The molecule has 0 aromatic rings. The van der Waals surface area contributed by atoms with Crippen molar-refractivity contribution in [2.75, 3.05) is 13.1 Å². The fraction of sp³-hybridized carbons (Fsp3) is 0.909. The highest BCUT2D eigenvalue weighted by molar-refractivity contribution is 4.65. The summed E-state index contributed by atoms with van der Waals surface area (Å²) < 4.78 is 0. The lowest BCUT2D eigenvalue weighted by atomic mass is 10.0. The smallest absolute Gasteiger partial charge is 0.00489 e. The van der Waals surface area contributed by atoms with Crippen molar-refractivity contribution >= 4 is 0 Å². The van der Waals surface area contributed by atoms with Crippen LogP contribution in [0.3, 0.4) is 0 Å². The maximum absolute atomic E-state index is 3.76. The summed E-state index contributed by atoms with van der Waals surface area (Å²) in [6.07, 6.45) is 23.0. The van der Waals surface area contributed by atoms with Crippen LogP contribution in [0.1, 0.15) is 110 Å². The van der Waals surface area contributed by atoms with Crippen LogP contribution in [0.2, 0.25) is 0 Å². The van der Waals surface area contributed by atoms with Crippen molar-refractivity contribution in [1.82, 2.24) is 5.32 Å². The predicted octanol–water partition coefficient (Wildman–Crippen LogP) is 7.27. The first-order chi connectivity index (χ1) is 11.3. The van der Waals surface area contributed by atoms with Gasteiger partial charge in [0, 0.05) is 0 Å².